The molecule has 1 unspecified atom stereocenters. The van der Waals surface area contributed by atoms with Gasteiger partial charge in [-0.25, -0.2) is 4.39 Å². The highest BCUT2D eigenvalue weighted by atomic mass is 127. The van der Waals surface area contributed by atoms with Gasteiger partial charge in [0.1, 0.15) is 11.6 Å². The first-order chi connectivity index (χ1) is 10.1. The maximum atomic E-state index is 13.1. The monoisotopic (exact) mass is 399 g/mol. The van der Waals surface area contributed by atoms with Crippen molar-refractivity contribution < 1.29 is 9.13 Å². The zero-order valence-electron chi connectivity index (χ0n) is 12.2. The van der Waals surface area contributed by atoms with Crippen LogP contribution in [0.2, 0.25) is 0 Å². The minimum absolute atomic E-state index is 0.143. The van der Waals surface area contributed by atoms with Gasteiger partial charge in [0.25, 0.3) is 0 Å². The van der Waals surface area contributed by atoms with Crippen LogP contribution in [0, 0.1) is 9.39 Å². The predicted octanol–water partition coefficient (Wildman–Crippen LogP) is 5.39. The van der Waals surface area contributed by atoms with Crippen molar-refractivity contribution in [3.8, 4) is 5.75 Å². The first kappa shape index (κ1) is 16.1. The Morgan fingerprint density at radius 1 is 1.19 bits per heavy atom. The number of benzene rings is 2. The molecule has 0 saturated heterocycles. The molecule has 4 heteroatoms. The van der Waals surface area contributed by atoms with E-state index in [2.05, 4.69) is 53.9 Å². The van der Waals surface area contributed by atoms with E-state index in [0.717, 1.165) is 28.0 Å². The minimum atomic E-state index is -0.213. The first-order valence-electron chi connectivity index (χ1n) is 7.04. The van der Waals surface area contributed by atoms with Crippen LogP contribution >= 0.6 is 22.6 Å². The van der Waals surface area contributed by atoms with Gasteiger partial charge in [-0.2, -0.15) is 0 Å². The average Bonchev–Trinajstić information content (AvgIpc) is 2.48. The summed E-state index contributed by atoms with van der Waals surface area (Å²) in [5.74, 6) is 0.680. The molecule has 112 valence electrons. The van der Waals surface area contributed by atoms with Gasteiger partial charge in [0.2, 0.25) is 0 Å². The summed E-state index contributed by atoms with van der Waals surface area (Å²) in [6.45, 7) is 4.91. The summed E-state index contributed by atoms with van der Waals surface area (Å²) in [6.07, 6.45) is 1.00. The van der Waals surface area contributed by atoms with Crippen LogP contribution in [-0.4, -0.2) is 6.61 Å². The summed E-state index contributed by atoms with van der Waals surface area (Å²) in [6, 6.07) is 13.0. The molecule has 0 saturated carbocycles. The van der Waals surface area contributed by atoms with Crippen LogP contribution in [0.1, 0.15) is 31.9 Å². The SMILES string of the molecule is CCCOc1ccc(C(C)Nc2ccc(F)cc2I)cc1. The van der Waals surface area contributed by atoms with Crippen molar-refractivity contribution in [1.29, 1.82) is 0 Å². The molecule has 0 amide bonds. The maximum absolute atomic E-state index is 13.1. The van der Waals surface area contributed by atoms with Crippen LogP contribution in [-0.2, 0) is 0 Å². The molecule has 2 rings (SSSR count). The summed E-state index contributed by atoms with van der Waals surface area (Å²) in [5.41, 5.74) is 2.11. The lowest BCUT2D eigenvalue weighted by atomic mass is 10.1. The molecule has 0 aliphatic heterocycles. The van der Waals surface area contributed by atoms with E-state index in [4.69, 9.17) is 4.74 Å². The van der Waals surface area contributed by atoms with Crippen molar-refractivity contribution >= 4 is 28.3 Å². The van der Waals surface area contributed by atoms with Crippen molar-refractivity contribution in [3.05, 3.63) is 57.4 Å². The Morgan fingerprint density at radius 2 is 1.90 bits per heavy atom. The lowest BCUT2D eigenvalue weighted by molar-refractivity contribution is 0.317. The van der Waals surface area contributed by atoms with Crippen LogP contribution < -0.4 is 10.1 Å². The molecule has 1 atom stereocenters. The van der Waals surface area contributed by atoms with Gasteiger partial charge in [-0.05, 0) is 71.8 Å². The summed E-state index contributed by atoms with van der Waals surface area (Å²) >= 11 is 2.14. The number of ether oxygens (including phenoxy) is 1. The lowest BCUT2D eigenvalue weighted by Gasteiger charge is -2.17. The topological polar surface area (TPSA) is 21.3 Å². The van der Waals surface area contributed by atoms with Gasteiger partial charge in [0.15, 0.2) is 0 Å². The van der Waals surface area contributed by atoms with Gasteiger partial charge < -0.3 is 10.1 Å². The molecule has 0 aromatic heterocycles. The standard InChI is InChI=1S/C17H19FINO/c1-3-10-21-15-7-4-13(5-8-15)12(2)20-17-9-6-14(18)11-16(17)19/h4-9,11-12,20H,3,10H2,1-2H3. The van der Waals surface area contributed by atoms with E-state index in [-0.39, 0.29) is 11.9 Å². The lowest BCUT2D eigenvalue weighted by Crippen LogP contribution is -2.08. The van der Waals surface area contributed by atoms with Crippen molar-refractivity contribution in [2.45, 2.75) is 26.3 Å². The molecule has 0 fully saturated rings. The van der Waals surface area contributed by atoms with Crippen LogP contribution in [0.25, 0.3) is 0 Å². The number of nitrogens with one attached hydrogen (secondary N) is 1. The number of hydrogen-bond acceptors (Lipinski definition) is 2. The highest BCUT2D eigenvalue weighted by Gasteiger charge is 2.08. The fourth-order valence-electron chi connectivity index (χ4n) is 2.00. The van der Waals surface area contributed by atoms with Crippen LogP contribution in [0.15, 0.2) is 42.5 Å². The Morgan fingerprint density at radius 3 is 2.52 bits per heavy atom. The molecule has 1 N–H and O–H groups in total. The largest absolute Gasteiger partial charge is 0.494 e. The molecular weight excluding hydrogens is 380 g/mol. The molecule has 0 radical (unpaired) electrons. The summed E-state index contributed by atoms with van der Waals surface area (Å²) < 4.78 is 19.6. The van der Waals surface area contributed by atoms with Crippen LogP contribution in [0.3, 0.4) is 0 Å². The maximum Gasteiger partial charge on any atom is 0.124 e. The number of rotatable bonds is 6. The second-order valence-electron chi connectivity index (χ2n) is 4.91. The molecule has 0 aliphatic carbocycles. The Labute approximate surface area is 138 Å². The van der Waals surface area contributed by atoms with E-state index in [1.165, 1.54) is 17.7 Å². The Balaban J connectivity index is 2.04. The molecular formula is C17H19FINO. The van der Waals surface area contributed by atoms with E-state index in [1.54, 1.807) is 6.07 Å². The summed E-state index contributed by atoms with van der Waals surface area (Å²) in [7, 11) is 0. The molecule has 0 spiro atoms. The Hall–Kier alpha value is -1.30. The van der Waals surface area contributed by atoms with Gasteiger partial charge in [-0.1, -0.05) is 19.1 Å². The van der Waals surface area contributed by atoms with E-state index in [9.17, 15) is 4.39 Å². The average molecular weight is 399 g/mol. The fraction of sp³-hybridized carbons (Fsp3) is 0.294. The zero-order valence-corrected chi connectivity index (χ0v) is 14.4. The normalized spacial score (nSPS) is 12.0. The third kappa shape index (κ3) is 4.59. The first-order valence-corrected chi connectivity index (χ1v) is 8.12. The third-order valence-electron chi connectivity index (χ3n) is 3.16. The minimum Gasteiger partial charge on any atom is -0.494 e. The smallest absolute Gasteiger partial charge is 0.124 e. The van der Waals surface area contributed by atoms with Crippen LogP contribution in [0.5, 0.6) is 5.75 Å². The van der Waals surface area contributed by atoms with Gasteiger partial charge >= 0.3 is 0 Å². The molecule has 2 aromatic carbocycles. The molecule has 21 heavy (non-hydrogen) atoms. The highest BCUT2D eigenvalue weighted by Crippen LogP contribution is 2.25. The second kappa shape index (κ2) is 7.64. The van der Waals surface area contributed by atoms with Crippen LogP contribution in [0.4, 0.5) is 10.1 Å². The summed E-state index contributed by atoms with van der Waals surface area (Å²) in [5, 5.41) is 3.40. The highest BCUT2D eigenvalue weighted by molar-refractivity contribution is 14.1. The Bertz CT molecular complexity index is 586. The van der Waals surface area contributed by atoms with Crippen molar-refractivity contribution in [1.82, 2.24) is 0 Å². The molecule has 0 bridgehead atoms. The molecule has 2 nitrogen and oxygen atoms in total. The third-order valence-corrected chi connectivity index (χ3v) is 4.05. The van der Waals surface area contributed by atoms with Gasteiger partial charge in [0.05, 0.1) is 6.61 Å². The van der Waals surface area contributed by atoms with Crippen molar-refractivity contribution in [2.75, 3.05) is 11.9 Å². The second-order valence-corrected chi connectivity index (χ2v) is 6.07. The van der Waals surface area contributed by atoms with E-state index >= 15 is 0 Å². The fourth-order valence-corrected chi connectivity index (χ4v) is 2.63. The number of halogens is 2. The van der Waals surface area contributed by atoms with E-state index in [1.807, 2.05) is 12.1 Å². The quantitative estimate of drug-likeness (QED) is 0.658. The number of hydrogen-bond donors (Lipinski definition) is 1. The van der Waals surface area contributed by atoms with E-state index in [0.29, 0.717) is 0 Å². The summed E-state index contributed by atoms with van der Waals surface area (Å²) in [4.78, 5) is 0. The predicted molar refractivity (Wildman–Crippen MR) is 93.4 cm³/mol. The number of anilines is 1. The van der Waals surface area contributed by atoms with Gasteiger partial charge in [-0.3, -0.25) is 0 Å². The Kier molecular flexibility index (Phi) is 5.85. The van der Waals surface area contributed by atoms with Crippen molar-refractivity contribution in [2.24, 2.45) is 0 Å². The molecule has 0 heterocycles. The van der Waals surface area contributed by atoms with Gasteiger partial charge in [-0.15, -0.1) is 0 Å². The molecule has 0 aliphatic rings. The molecule has 2 aromatic rings. The van der Waals surface area contributed by atoms with Gasteiger partial charge in [0, 0.05) is 15.3 Å². The zero-order chi connectivity index (χ0) is 15.2. The van der Waals surface area contributed by atoms with E-state index < -0.39 is 0 Å². The van der Waals surface area contributed by atoms with Crippen molar-refractivity contribution in [3.63, 3.8) is 0 Å².